The lowest BCUT2D eigenvalue weighted by atomic mass is 10.1. The molecule has 3 nitrogen and oxygen atoms in total. The lowest BCUT2D eigenvalue weighted by molar-refractivity contribution is 0.577. The summed E-state index contributed by atoms with van der Waals surface area (Å²) in [5.41, 5.74) is 1.76. The second-order valence-electron chi connectivity index (χ2n) is 4.56. The van der Waals surface area contributed by atoms with Crippen LogP contribution in [-0.2, 0) is 6.54 Å². The number of aryl methyl sites for hydroxylation is 1. The highest BCUT2D eigenvalue weighted by molar-refractivity contribution is 5.76. The van der Waals surface area contributed by atoms with Gasteiger partial charge in [-0.2, -0.15) is 0 Å². The van der Waals surface area contributed by atoms with E-state index in [4.69, 9.17) is 0 Å². The molecule has 0 saturated carbocycles. The van der Waals surface area contributed by atoms with Gasteiger partial charge in [-0.15, -0.1) is 0 Å². The summed E-state index contributed by atoms with van der Waals surface area (Å²) in [7, 11) is 0. The first-order valence-corrected chi connectivity index (χ1v) is 6.53. The average Bonchev–Trinajstić information content (AvgIpc) is 2.73. The van der Waals surface area contributed by atoms with Crippen molar-refractivity contribution in [1.82, 2.24) is 14.9 Å². The number of rotatable bonds is 5. The Morgan fingerprint density at radius 3 is 2.83 bits per heavy atom. The normalized spacial score (nSPS) is 13.1. The molecule has 4 heteroatoms. The quantitative estimate of drug-likeness (QED) is 0.883. The van der Waals surface area contributed by atoms with Gasteiger partial charge in [-0.1, -0.05) is 13.8 Å². The molecule has 0 amide bonds. The molecule has 0 aliphatic rings. The van der Waals surface area contributed by atoms with E-state index in [-0.39, 0.29) is 5.82 Å². The number of hydrogen-bond donors (Lipinski definition) is 1. The molecule has 18 heavy (non-hydrogen) atoms. The Hall–Kier alpha value is -1.42. The number of likely N-dealkylation sites (N-methyl/N-ethyl adjacent to an activating group) is 1. The summed E-state index contributed by atoms with van der Waals surface area (Å²) in [6, 6.07) is 4.81. The third-order valence-electron chi connectivity index (χ3n) is 3.20. The van der Waals surface area contributed by atoms with Gasteiger partial charge in [0.15, 0.2) is 0 Å². The summed E-state index contributed by atoms with van der Waals surface area (Å²) in [6.45, 7) is 9.02. The second kappa shape index (κ2) is 5.48. The number of hydrogen-bond acceptors (Lipinski definition) is 2. The SMILES string of the molecule is CCNCC(C)c1nc2cc(F)ccc2n1CC. The van der Waals surface area contributed by atoms with Crippen LogP contribution in [0.2, 0.25) is 0 Å². The summed E-state index contributed by atoms with van der Waals surface area (Å²) >= 11 is 0. The summed E-state index contributed by atoms with van der Waals surface area (Å²) in [5, 5.41) is 3.33. The monoisotopic (exact) mass is 249 g/mol. The third-order valence-corrected chi connectivity index (χ3v) is 3.20. The Morgan fingerprint density at radius 1 is 1.39 bits per heavy atom. The van der Waals surface area contributed by atoms with E-state index in [1.165, 1.54) is 12.1 Å². The molecule has 1 unspecified atom stereocenters. The van der Waals surface area contributed by atoms with E-state index in [2.05, 4.69) is 35.6 Å². The third kappa shape index (κ3) is 2.38. The highest BCUT2D eigenvalue weighted by Gasteiger charge is 2.15. The zero-order valence-corrected chi connectivity index (χ0v) is 11.2. The highest BCUT2D eigenvalue weighted by atomic mass is 19.1. The maximum Gasteiger partial charge on any atom is 0.125 e. The van der Waals surface area contributed by atoms with Crippen molar-refractivity contribution in [3.05, 3.63) is 29.8 Å². The molecule has 1 heterocycles. The average molecular weight is 249 g/mol. The largest absolute Gasteiger partial charge is 0.328 e. The van der Waals surface area contributed by atoms with Gasteiger partial charge in [0.05, 0.1) is 11.0 Å². The number of nitrogens with one attached hydrogen (secondary N) is 1. The number of fused-ring (bicyclic) bond motifs is 1. The fourth-order valence-electron chi connectivity index (χ4n) is 2.28. The molecule has 1 N–H and O–H groups in total. The lowest BCUT2D eigenvalue weighted by Crippen LogP contribution is -2.21. The molecule has 0 aliphatic heterocycles. The molecule has 0 bridgehead atoms. The van der Waals surface area contributed by atoms with E-state index < -0.39 is 0 Å². The number of benzene rings is 1. The maximum absolute atomic E-state index is 13.2. The van der Waals surface area contributed by atoms with Gasteiger partial charge >= 0.3 is 0 Å². The molecule has 1 aromatic heterocycles. The lowest BCUT2D eigenvalue weighted by Gasteiger charge is -2.13. The van der Waals surface area contributed by atoms with Crippen molar-refractivity contribution < 1.29 is 4.39 Å². The van der Waals surface area contributed by atoms with Crippen molar-refractivity contribution in [2.75, 3.05) is 13.1 Å². The standard InChI is InChI=1S/C14H20FN3/c1-4-16-9-10(3)14-17-12-8-11(15)6-7-13(12)18(14)5-2/h6-8,10,16H,4-5,9H2,1-3H3. The fraction of sp³-hybridized carbons (Fsp3) is 0.500. The first kappa shape index (κ1) is 13.0. The second-order valence-corrected chi connectivity index (χ2v) is 4.56. The number of halogens is 1. The maximum atomic E-state index is 13.2. The van der Waals surface area contributed by atoms with Crippen LogP contribution in [0, 0.1) is 5.82 Å². The number of nitrogens with zero attached hydrogens (tertiary/aromatic N) is 2. The van der Waals surface area contributed by atoms with Crippen molar-refractivity contribution in [2.24, 2.45) is 0 Å². The molecule has 0 radical (unpaired) electrons. The van der Waals surface area contributed by atoms with Crippen LogP contribution < -0.4 is 5.32 Å². The summed E-state index contributed by atoms with van der Waals surface area (Å²) in [6.07, 6.45) is 0. The first-order chi connectivity index (χ1) is 8.67. The highest BCUT2D eigenvalue weighted by Crippen LogP contribution is 2.22. The predicted molar refractivity (Wildman–Crippen MR) is 72.3 cm³/mol. The molecular weight excluding hydrogens is 229 g/mol. The molecule has 2 rings (SSSR count). The van der Waals surface area contributed by atoms with Crippen molar-refractivity contribution >= 4 is 11.0 Å². The van der Waals surface area contributed by atoms with Crippen molar-refractivity contribution in [2.45, 2.75) is 33.2 Å². The van der Waals surface area contributed by atoms with E-state index in [0.717, 1.165) is 36.5 Å². The Morgan fingerprint density at radius 2 is 2.17 bits per heavy atom. The minimum Gasteiger partial charge on any atom is -0.328 e. The fourth-order valence-corrected chi connectivity index (χ4v) is 2.28. The molecule has 0 saturated heterocycles. The summed E-state index contributed by atoms with van der Waals surface area (Å²) < 4.78 is 15.4. The Kier molecular flexibility index (Phi) is 3.97. The molecule has 1 aromatic carbocycles. The van der Waals surface area contributed by atoms with Crippen LogP contribution in [0.5, 0.6) is 0 Å². The molecule has 98 valence electrons. The van der Waals surface area contributed by atoms with Crippen LogP contribution >= 0.6 is 0 Å². The Bertz CT molecular complexity index is 533. The van der Waals surface area contributed by atoms with Gasteiger partial charge in [0, 0.05) is 25.1 Å². The van der Waals surface area contributed by atoms with Crippen LogP contribution in [0.25, 0.3) is 11.0 Å². The minimum atomic E-state index is -0.228. The smallest absolute Gasteiger partial charge is 0.125 e. The summed E-state index contributed by atoms with van der Waals surface area (Å²) in [5.74, 6) is 1.12. The van der Waals surface area contributed by atoms with Gasteiger partial charge in [0.1, 0.15) is 11.6 Å². The van der Waals surface area contributed by atoms with E-state index in [1.54, 1.807) is 0 Å². The molecule has 0 fully saturated rings. The zero-order chi connectivity index (χ0) is 13.1. The number of imidazole rings is 1. The van der Waals surface area contributed by atoms with Gasteiger partial charge in [-0.25, -0.2) is 9.37 Å². The molecule has 2 aromatic rings. The van der Waals surface area contributed by atoms with E-state index in [1.807, 2.05) is 6.07 Å². The Balaban J connectivity index is 2.43. The van der Waals surface area contributed by atoms with Crippen LogP contribution in [0.1, 0.15) is 32.5 Å². The predicted octanol–water partition coefficient (Wildman–Crippen LogP) is 2.91. The zero-order valence-electron chi connectivity index (χ0n) is 11.2. The molecular formula is C14H20FN3. The van der Waals surface area contributed by atoms with Crippen molar-refractivity contribution in [3.63, 3.8) is 0 Å². The molecule has 0 spiro atoms. The Labute approximate surface area is 107 Å². The number of aromatic nitrogens is 2. The van der Waals surface area contributed by atoms with Gasteiger partial charge in [0.2, 0.25) is 0 Å². The van der Waals surface area contributed by atoms with E-state index >= 15 is 0 Å². The van der Waals surface area contributed by atoms with Gasteiger partial charge in [-0.3, -0.25) is 0 Å². The van der Waals surface area contributed by atoms with Crippen LogP contribution in [0.4, 0.5) is 4.39 Å². The van der Waals surface area contributed by atoms with Gasteiger partial charge in [0.25, 0.3) is 0 Å². The van der Waals surface area contributed by atoms with E-state index in [9.17, 15) is 4.39 Å². The molecule has 0 aliphatic carbocycles. The van der Waals surface area contributed by atoms with E-state index in [0.29, 0.717) is 5.92 Å². The van der Waals surface area contributed by atoms with Crippen LogP contribution in [-0.4, -0.2) is 22.6 Å². The van der Waals surface area contributed by atoms with Crippen LogP contribution in [0.3, 0.4) is 0 Å². The first-order valence-electron chi connectivity index (χ1n) is 6.53. The summed E-state index contributed by atoms with van der Waals surface area (Å²) in [4.78, 5) is 4.58. The minimum absolute atomic E-state index is 0.228. The van der Waals surface area contributed by atoms with Crippen LogP contribution in [0.15, 0.2) is 18.2 Å². The van der Waals surface area contributed by atoms with Gasteiger partial charge < -0.3 is 9.88 Å². The van der Waals surface area contributed by atoms with Crippen molar-refractivity contribution in [1.29, 1.82) is 0 Å². The van der Waals surface area contributed by atoms with Crippen molar-refractivity contribution in [3.8, 4) is 0 Å². The molecule has 1 atom stereocenters. The topological polar surface area (TPSA) is 29.9 Å². The van der Waals surface area contributed by atoms with Gasteiger partial charge in [-0.05, 0) is 25.6 Å².